The summed E-state index contributed by atoms with van der Waals surface area (Å²) in [7, 11) is 0. The highest BCUT2D eigenvalue weighted by molar-refractivity contribution is 5.86. The number of hydrogen-bond acceptors (Lipinski definition) is 4. The van der Waals surface area contributed by atoms with E-state index in [0.29, 0.717) is 26.1 Å². The van der Waals surface area contributed by atoms with Crippen molar-refractivity contribution >= 4 is 12.0 Å². The van der Waals surface area contributed by atoms with E-state index in [0.717, 1.165) is 0 Å². The van der Waals surface area contributed by atoms with Gasteiger partial charge < -0.3 is 24.8 Å². The van der Waals surface area contributed by atoms with Crippen LogP contribution in [0.4, 0.5) is 4.79 Å². The Hall–Kier alpha value is -1.34. The van der Waals surface area contributed by atoms with E-state index in [1.54, 1.807) is 4.90 Å². The lowest BCUT2D eigenvalue weighted by Crippen LogP contribution is -2.61. The molecule has 108 valence electrons. The Kier molecular flexibility index (Phi) is 3.96. The van der Waals surface area contributed by atoms with Crippen LogP contribution < -0.4 is 5.32 Å². The monoisotopic (exact) mass is 272 g/mol. The number of urea groups is 1. The molecule has 2 rings (SSSR count). The molecule has 2 heterocycles. The van der Waals surface area contributed by atoms with Crippen molar-refractivity contribution in [2.45, 2.75) is 38.0 Å². The number of rotatable bonds is 2. The summed E-state index contributed by atoms with van der Waals surface area (Å²) in [6.45, 7) is 5.08. The Labute approximate surface area is 111 Å². The molecule has 1 unspecified atom stereocenters. The van der Waals surface area contributed by atoms with Crippen molar-refractivity contribution in [2.24, 2.45) is 0 Å². The van der Waals surface area contributed by atoms with Gasteiger partial charge in [-0.25, -0.2) is 9.59 Å². The lowest BCUT2D eigenvalue weighted by molar-refractivity contribution is -0.144. The summed E-state index contributed by atoms with van der Waals surface area (Å²) in [6, 6.07) is -0.366. The summed E-state index contributed by atoms with van der Waals surface area (Å²) in [5.41, 5.74) is -1.29. The van der Waals surface area contributed by atoms with Gasteiger partial charge in [0.1, 0.15) is 0 Å². The van der Waals surface area contributed by atoms with E-state index in [1.807, 2.05) is 13.8 Å². The number of nitrogens with one attached hydrogen (secondary N) is 1. The van der Waals surface area contributed by atoms with Crippen molar-refractivity contribution in [3.63, 3.8) is 0 Å². The van der Waals surface area contributed by atoms with Gasteiger partial charge >= 0.3 is 12.0 Å². The zero-order chi connectivity index (χ0) is 14.0. The second-order valence-electron chi connectivity index (χ2n) is 5.28. The van der Waals surface area contributed by atoms with Gasteiger partial charge in [0.05, 0.1) is 18.8 Å². The first-order valence-electron chi connectivity index (χ1n) is 6.46. The fourth-order valence-electron chi connectivity index (χ4n) is 2.51. The second kappa shape index (κ2) is 5.34. The van der Waals surface area contributed by atoms with Gasteiger partial charge in [-0.2, -0.15) is 0 Å². The van der Waals surface area contributed by atoms with Crippen LogP contribution in [0.5, 0.6) is 0 Å². The first-order valence-corrected chi connectivity index (χ1v) is 6.46. The van der Waals surface area contributed by atoms with Crippen LogP contribution in [0, 0.1) is 0 Å². The lowest BCUT2D eigenvalue weighted by atomic mass is 9.99. The summed E-state index contributed by atoms with van der Waals surface area (Å²) in [5.74, 6) is -1.05. The zero-order valence-corrected chi connectivity index (χ0v) is 11.2. The first-order chi connectivity index (χ1) is 8.93. The molecule has 7 heteroatoms. The average molecular weight is 272 g/mol. The fourth-order valence-corrected chi connectivity index (χ4v) is 2.51. The zero-order valence-electron chi connectivity index (χ0n) is 11.2. The predicted octanol–water partition coefficient (Wildman–Crippen LogP) is 0.0489. The number of amides is 2. The molecule has 2 amide bonds. The van der Waals surface area contributed by atoms with E-state index in [2.05, 4.69) is 5.32 Å². The van der Waals surface area contributed by atoms with Crippen molar-refractivity contribution in [3.8, 4) is 0 Å². The molecule has 0 spiro atoms. The number of carbonyl (C=O) groups excluding carboxylic acids is 1. The third-order valence-electron chi connectivity index (χ3n) is 3.48. The van der Waals surface area contributed by atoms with Crippen LogP contribution in [-0.4, -0.2) is 66.1 Å². The molecule has 19 heavy (non-hydrogen) atoms. The molecule has 2 N–H and O–H groups in total. The van der Waals surface area contributed by atoms with E-state index in [4.69, 9.17) is 9.47 Å². The van der Waals surface area contributed by atoms with Gasteiger partial charge in [0, 0.05) is 26.1 Å². The first kappa shape index (κ1) is 14.1. The van der Waals surface area contributed by atoms with Crippen LogP contribution in [0.3, 0.4) is 0 Å². The molecule has 0 radical (unpaired) electrons. The van der Waals surface area contributed by atoms with Crippen molar-refractivity contribution in [1.29, 1.82) is 0 Å². The minimum Gasteiger partial charge on any atom is -0.479 e. The SMILES string of the molecule is C[C@@H]1CN(C(=O)NC2(C(=O)O)CCOC2)C[C@H](C)O1. The van der Waals surface area contributed by atoms with Crippen LogP contribution in [0.2, 0.25) is 0 Å². The van der Waals surface area contributed by atoms with E-state index in [9.17, 15) is 14.7 Å². The average Bonchev–Trinajstić information content (AvgIpc) is 2.77. The number of ether oxygens (including phenoxy) is 2. The maximum Gasteiger partial charge on any atom is 0.332 e. The molecule has 2 saturated heterocycles. The molecule has 2 aliphatic heterocycles. The topological polar surface area (TPSA) is 88.1 Å². The van der Waals surface area contributed by atoms with Gasteiger partial charge in [0.15, 0.2) is 5.54 Å². The number of hydrogen-bond donors (Lipinski definition) is 2. The van der Waals surface area contributed by atoms with E-state index in [1.165, 1.54) is 0 Å². The number of carboxylic acid groups (broad SMARTS) is 1. The molecular weight excluding hydrogens is 252 g/mol. The molecule has 0 aliphatic carbocycles. The number of carbonyl (C=O) groups is 2. The Bertz CT molecular complexity index is 357. The Morgan fingerprint density at radius 3 is 2.42 bits per heavy atom. The summed E-state index contributed by atoms with van der Waals surface area (Å²) in [5, 5.41) is 11.9. The molecule has 7 nitrogen and oxygen atoms in total. The van der Waals surface area contributed by atoms with Crippen molar-refractivity contribution in [3.05, 3.63) is 0 Å². The van der Waals surface area contributed by atoms with Gasteiger partial charge in [0.25, 0.3) is 0 Å². The van der Waals surface area contributed by atoms with E-state index >= 15 is 0 Å². The van der Waals surface area contributed by atoms with Crippen LogP contribution in [-0.2, 0) is 14.3 Å². The maximum absolute atomic E-state index is 12.2. The predicted molar refractivity (Wildman–Crippen MR) is 65.9 cm³/mol. The molecule has 2 aliphatic rings. The highest BCUT2D eigenvalue weighted by Crippen LogP contribution is 2.20. The third kappa shape index (κ3) is 2.98. The molecule has 0 bridgehead atoms. The largest absolute Gasteiger partial charge is 0.479 e. The minimum atomic E-state index is -1.29. The molecular formula is C12H20N2O5. The van der Waals surface area contributed by atoms with Crippen LogP contribution in [0.25, 0.3) is 0 Å². The minimum absolute atomic E-state index is 0.0174. The molecule has 0 aromatic rings. The Morgan fingerprint density at radius 1 is 1.32 bits per heavy atom. The fraction of sp³-hybridized carbons (Fsp3) is 0.833. The van der Waals surface area contributed by atoms with E-state index in [-0.39, 0.29) is 24.8 Å². The van der Waals surface area contributed by atoms with Crippen LogP contribution >= 0.6 is 0 Å². The summed E-state index contributed by atoms with van der Waals surface area (Å²) < 4.78 is 10.7. The summed E-state index contributed by atoms with van der Waals surface area (Å²) in [4.78, 5) is 25.1. The molecule has 0 aromatic heterocycles. The van der Waals surface area contributed by atoms with Gasteiger partial charge in [-0.1, -0.05) is 0 Å². The van der Waals surface area contributed by atoms with Gasteiger partial charge in [-0.3, -0.25) is 0 Å². The van der Waals surface area contributed by atoms with E-state index < -0.39 is 11.5 Å². The number of nitrogens with zero attached hydrogens (tertiary/aromatic N) is 1. The summed E-state index contributed by atoms with van der Waals surface area (Å²) >= 11 is 0. The summed E-state index contributed by atoms with van der Waals surface area (Å²) in [6.07, 6.45) is 0.203. The maximum atomic E-state index is 12.2. The van der Waals surface area contributed by atoms with Crippen molar-refractivity contribution in [1.82, 2.24) is 10.2 Å². The molecule has 0 aromatic carbocycles. The number of carboxylic acids is 1. The smallest absolute Gasteiger partial charge is 0.332 e. The highest BCUT2D eigenvalue weighted by atomic mass is 16.5. The quantitative estimate of drug-likeness (QED) is 0.741. The Balaban J connectivity index is 2.01. The van der Waals surface area contributed by atoms with Crippen molar-refractivity contribution < 1.29 is 24.2 Å². The molecule has 2 fully saturated rings. The second-order valence-corrected chi connectivity index (χ2v) is 5.28. The standard InChI is InChI=1S/C12H20N2O5/c1-8-5-14(6-9(2)19-8)11(17)13-12(10(15)16)3-4-18-7-12/h8-9H,3-7H2,1-2H3,(H,13,17)(H,15,16)/t8-,9+,12?. The highest BCUT2D eigenvalue weighted by Gasteiger charge is 2.45. The number of morpholine rings is 1. The normalized spacial score (nSPS) is 35.2. The van der Waals surface area contributed by atoms with Crippen LogP contribution in [0.15, 0.2) is 0 Å². The lowest BCUT2D eigenvalue weighted by Gasteiger charge is -2.37. The third-order valence-corrected chi connectivity index (χ3v) is 3.48. The molecule has 3 atom stereocenters. The molecule has 0 saturated carbocycles. The van der Waals surface area contributed by atoms with Crippen molar-refractivity contribution in [2.75, 3.05) is 26.3 Å². The number of aliphatic carboxylic acids is 1. The van der Waals surface area contributed by atoms with Gasteiger partial charge in [-0.15, -0.1) is 0 Å². The van der Waals surface area contributed by atoms with Gasteiger partial charge in [0.2, 0.25) is 0 Å². The Morgan fingerprint density at radius 2 is 1.95 bits per heavy atom. The van der Waals surface area contributed by atoms with Gasteiger partial charge in [-0.05, 0) is 13.8 Å². The van der Waals surface area contributed by atoms with Crippen LogP contribution in [0.1, 0.15) is 20.3 Å².